The Morgan fingerprint density at radius 1 is 1.37 bits per heavy atom. The Morgan fingerprint density at radius 3 is 2.63 bits per heavy atom. The molecule has 0 bridgehead atoms. The van der Waals surface area contributed by atoms with E-state index in [1.54, 1.807) is 12.1 Å². The second kappa shape index (κ2) is 5.75. The zero-order chi connectivity index (χ0) is 13.8. The first-order valence-electron chi connectivity index (χ1n) is 5.88. The van der Waals surface area contributed by atoms with Crippen LogP contribution in [0.5, 0.6) is 0 Å². The van der Waals surface area contributed by atoms with Crippen molar-refractivity contribution in [1.82, 2.24) is 9.36 Å². The SMILES string of the molecule is CC(C)CNc1nc(-c2ccc([N+](=O)[O-])cc2)ns1. The molecule has 2 rings (SSSR count). The van der Waals surface area contributed by atoms with Crippen LogP contribution in [-0.2, 0) is 0 Å². The lowest BCUT2D eigenvalue weighted by Gasteiger charge is -2.03. The lowest BCUT2D eigenvalue weighted by atomic mass is 10.2. The quantitative estimate of drug-likeness (QED) is 0.671. The van der Waals surface area contributed by atoms with E-state index in [4.69, 9.17) is 0 Å². The summed E-state index contributed by atoms with van der Waals surface area (Å²) in [5.41, 5.74) is 0.844. The summed E-state index contributed by atoms with van der Waals surface area (Å²) < 4.78 is 4.24. The molecule has 0 saturated carbocycles. The number of hydrogen-bond donors (Lipinski definition) is 1. The normalized spacial score (nSPS) is 10.7. The van der Waals surface area contributed by atoms with E-state index in [0.717, 1.165) is 17.2 Å². The van der Waals surface area contributed by atoms with Crippen molar-refractivity contribution in [2.24, 2.45) is 5.92 Å². The largest absolute Gasteiger partial charge is 0.360 e. The average molecular weight is 278 g/mol. The van der Waals surface area contributed by atoms with Crippen LogP contribution in [0.1, 0.15) is 13.8 Å². The van der Waals surface area contributed by atoms with E-state index in [-0.39, 0.29) is 5.69 Å². The third-order valence-electron chi connectivity index (χ3n) is 2.42. The molecule has 1 N–H and O–H groups in total. The van der Waals surface area contributed by atoms with Crippen LogP contribution in [-0.4, -0.2) is 20.8 Å². The maximum atomic E-state index is 10.6. The van der Waals surface area contributed by atoms with Gasteiger partial charge in [0.25, 0.3) is 5.69 Å². The molecule has 100 valence electrons. The second-order valence-electron chi connectivity index (χ2n) is 4.50. The molecule has 0 unspecified atom stereocenters. The van der Waals surface area contributed by atoms with Crippen LogP contribution in [0.25, 0.3) is 11.4 Å². The van der Waals surface area contributed by atoms with Crippen LogP contribution in [0.2, 0.25) is 0 Å². The Morgan fingerprint density at radius 2 is 2.05 bits per heavy atom. The smallest absolute Gasteiger partial charge is 0.269 e. The van der Waals surface area contributed by atoms with Crippen molar-refractivity contribution >= 4 is 22.4 Å². The van der Waals surface area contributed by atoms with Crippen LogP contribution in [0.15, 0.2) is 24.3 Å². The van der Waals surface area contributed by atoms with Crippen molar-refractivity contribution in [2.75, 3.05) is 11.9 Å². The number of benzene rings is 1. The molecule has 0 atom stereocenters. The molecule has 6 nitrogen and oxygen atoms in total. The molecule has 1 aromatic heterocycles. The standard InChI is InChI=1S/C12H14N4O2S/c1-8(2)7-13-12-14-11(15-19-12)9-3-5-10(6-4-9)16(17)18/h3-6,8H,7H2,1-2H3,(H,13,14,15). The van der Waals surface area contributed by atoms with Gasteiger partial charge < -0.3 is 5.32 Å². The van der Waals surface area contributed by atoms with Crippen molar-refractivity contribution in [3.63, 3.8) is 0 Å². The number of rotatable bonds is 5. The van der Waals surface area contributed by atoms with Gasteiger partial charge in [0.15, 0.2) is 5.82 Å². The van der Waals surface area contributed by atoms with E-state index in [2.05, 4.69) is 28.5 Å². The van der Waals surface area contributed by atoms with Crippen molar-refractivity contribution in [3.8, 4) is 11.4 Å². The summed E-state index contributed by atoms with van der Waals surface area (Å²) in [4.78, 5) is 14.5. The van der Waals surface area contributed by atoms with Gasteiger partial charge in [-0.1, -0.05) is 13.8 Å². The summed E-state index contributed by atoms with van der Waals surface area (Å²) in [6.45, 7) is 5.07. The summed E-state index contributed by atoms with van der Waals surface area (Å²) >= 11 is 1.29. The van der Waals surface area contributed by atoms with E-state index < -0.39 is 4.92 Å². The molecule has 0 spiro atoms. The first-order valence-corrected chi connectivity index (χ1v) is 6.66. The Balaban J connectivity index is 2.11. The number of anilines is 1. The molecule has 2 aromatic rings. The van der Waals surface area contributed by atoms with Crippen LogP contribution in [0.3, 0.4) is 0 Å². The summed E-state index contributed by atoms with van der Waals surface area (Å²) in [5, 5.41) is 14.5. The summed E-state index contributed by atoms with van der Waals surface area (Å²) in [6.07, 6.45) is 0. The minimum absolute atomic E-state index is 0.0668. The zero-order valence-corrected chi connectivity index (χ0v) is 11.5. The lowest BCUT2D eigenvalue weighted by Crippen LogP contribution is -2.07. The number of nitrogens with one attached hydrogen (secondary N) is 1. The van der Waals surface area contributed by atoms with E-state index in [1.165, 1.54) is 23.7 Å². The van der Waals surface area contributed by atoms with Crippen molar-refractivity contribution < 1.29 is 4.92 Å². The molecular weight excluding hydrogens is 264 g/mol. The van der Waals surface area contributed by atoms with Crippen LogP contribution >= 0.6 is 11.5 Å². The highest BCUT2D eigenvalue weighted by Gasteiger charge is 2.09. The van der Waals surface area contributed by atoms with Crippen LogP contribution in [0.4, 0.5) is 10.8 Å². The first-order chi connectivity index (χ1) is 9.06. The van der Waals surface area contributed by atoms with Gasteiger partial charge in [0, 0.05) is 35.8 Å². The number of hydrogen-bond acceptors (Lipinski definition) is 6. The maximum Gasteiger partial charge on any atom is 0.269 e. The lowest BCUT2D eigenvalue weighted by molar-refractivity contribution is -0.384. The molecule has 0 radical (unpaired) electrons. The Hall–Kier alpha value is -2.02. The average Bonchev–Trinajstić information content (AvgIpc) is 2.85. The fourth-order valence-electron chi connectivity index (χ4n) is 1.44. The fraction of sp³-hybridized carbons (Fsp3) is 0.333. The molecule has 0 aliphatic carbocycles. The fourth-order valence-corrected chi connectivity index (χ4v) is 2.03. The van der Waals surface area contributed by atoms with Gasteiger partial charge in [-0.05, 0) is 18.1 Å². The predicted molar refractivity (Wildman–Crippen MR) is 75.3 cm³/mol. The van der Waals surface area contributed by atoms with Gasteiger partial charge in [-0.2, -0.15) is 9.36 Å². The second-order valence-corrected chi connectivity index (χ2v) is 5.25. The van der Waals surface area contributed by atoms with Gasteiger partial charge in [-0.15, -0.1) is 0 Å². The van der Waals surface area contributed by atoms with Gasteiger partial charge in [-0.25, -0.2) is 0 Å². The predicted octanol–water partition coefficient (Wildman–Crippen LogP) is 3.18. The van der Waals surface area contributed by atoms with Crippen LogP contribution < -0.4 is 5.32 Å². The molecule has 1 aromatic carbocycles. The van der Waals surface area contributed by atoms with Gasteiger partial charge in [0.2, 0.25) is 5.13 Å². The van der Waals surface area contributed by atoms with Gasteiger partial charge in [0.1, 0.15) is 0 Å². The third kappa shape index (κ3) is 3.47. The molecule has 0 fully saturated rings. The van der Waals surface area contributed by atoms with Crippen LogP contribution in [0, 0.1) is 16.0 Å². The molecule has 7 heteroatoms. The Bertz CT molecular complexity index is 565. The maximum absolute atomic E-state index is 10.6. The molecular formula is C12H14N4O2S. The van der Waals surface area contributed by atoms with E-state index in [0.29, 0.717) is 11.7 Å². The van der Waals surface area contributed by atoms with Gasteiger partial charge in [-0.3, -0.25) is 10.1 Å². The van der Waals surface area contributed by atoms with Gasteiger partial charge >= 0.3 is 0 Å². The number of non-ortho nitro benzene ring substituents is 1. The molecule has 0 amide bonds. The van der Waals surface area contributed by atoms with Crippen molar-refractivity contribution in [2.45, 2.75) is 13.8 Å². The third-order valence-corrected chi connectivity index (χ3v) is 3.10. The molecule has 1 heterocycles. The van der Waals surface area contributed by atoms with Gasteiger partial charge in [0.05, 0.1) is 4.92 Å². The first kappa shape index (κ1) is 13.4. The van der Waals surface area contributed by atoms with E-state index >= 15 is 0 Å². The Kier molecular flexibility index (Phi) is 4.06. The summed E-state index contributed by atoms with van der Waals surface area (Å²) in [7, 11) is 0. The molecule has 0 saturated heterocycles. The number of nitro groups is 1. The molecule has 0 aliphatic rings. The Labute approximate surface area is 114 Å². The number of nitro benzene ring substituents is 1. The van der Waals surface area contributed by atoms with Crippen molar-refractivity contribution in [3.05, 3.63) is 34.4 Å². The zero-order valence-electron chi connectivity index (χ0n) is 10.7. The molecule has 0 aliphatic heterocycles. The highest BCUT2D eigenvalue weighted by atomic mass is 32.1. The minimum atomic E-state index is -0.423. The monoisotopic (exact) mass is 278 g/mol. The summed E-state index contributed by atoms with van der Waals surface area (Å²) in [5.74, 6) is 1.12. The van der Waals surface area contributed by atoms with E-state index in [9.17, 15) is 10.1 Å². The topological polar surface area (TPSA) is 81.0 Å². The summed E-state index contributed by atoms with van der Waals surface area (Å²) in [6, 6.07) is 6.23. The highest BCUT2D eigenvalue weighted by molar-refractivity contribution is 7.09. The number of nitrogens with zero attached hydrogens (tertiary/aromatic N) is 3. The minimum Gasteiger partial charge on any atom is -0.360 e. The van der Waals surface area contributed by atoms with Crippen molar-refractivity contribution in [1.29, 1.82) is 0 Å². The highest BCUT2D eigenvalue weighted by Crippen LogP contribution is 2.23. The van der Waals surface area contributed by atoms with E-state index in [1.807, 2.05) is 0 Å². The number of aromatic nitrogens is 2. The molecule has 19 heavy (non-hydrogen) atoms.